The van der Waals surface area contributed by atoms with Gasteiger partial charge in [0.15, 0.2) is 0 Å². The molecule has 0 aromatic carbocycles. The molecule has 12 heavy (non-hydrogen) atoms. The molecule has 4 nitrogen and oxygen atoms in total. The maximum atomic E-state index is 10.5. The fourth-order valence-corrected chi connectivity index (χ4v) is 0.414. The van der Waals surface area contributed by atoms with Crippen LogP contribution in [0, 0.1) is 11.8 Å². The summed E-state index contributed by atoms with van der Waals surface area (Å²) in [4.78, 5) is 21.0. The minimum Gasteiger partial charge on any atom is -0.468 e. The zero-order valence-electron chi connectivity index (χ0n) is 7.05. The largest absolute Gasteiger partial charge is 0.468 e. The first-order valence-corrected chi connectivity index (χ1v) is 3.30. The molecule has 0 fully saturated rings. The van der Waals surface area contributed by atoms with E-state index in [1.165, 1.54) is 14.2 Å². The van der Waals surface area contributed by atoms with Gasteiger partial charge in [0.2, 0.25) is 0 Å². The van der Waals surface area contributed by atoms with Crippen LogP contribution in [0.1, 0.15) is 12.8 Å². The van der Waals surface area contributed by atoms with Crippen LogP contribution in [0.2, 0.25) is 0 Å². The molecule has 0 bridgehead atoms. The summed E-state index contributed by atoms with van der Waals surface area (Å²) < 4.78 is 8.65. The average molecular weight is 170 g/mol. The maximum Gasteiger partial charge on any atom is 0.317 e. The Morgan fingerprint density at radius 2 is 1.33 bits per heavy atom. The quantitative estimate of drug-likeness (QED) is 0.436. The molecule has 4 heteroatoms. The molecule has 0 atom stereocenters. The van der Waals surface area contributed by atoms with Gasteiger partial charge in [-0.15, -0.1) is 0 Å². The Kier molecular flexibility index (Phi) is 5.45. The highest BCUT2D eigenvalue weighted by molar-refractivity contribution is 5.74. The van der Waals surface area contributed by atoms with Crippen molar-refractivity contribution in [1.29, 1.82) is 0 Å². The number of carbonyl (C=O) groups excluding carboxylic acids is 2. The van der Waals surface area contributed by atoms with E-state index in [1.54, 1.807) is 0 Å². The van der Waals surface area contributed by atoms with Gasteiger partial charge in [-0.1, -0.05) is 11.8 Å². The standard InChI is InChI=1S/C8H10O4/c1-11-7(9)5-3-4-6-8(10)12-2/h5-6H2,1-2H3. The zero-order chi connectivity index (χ0) is 9.40. The lowest BCUT2D eigenvalue weighted by molar-refractivity contribution is -0.140. The van der Waals surface area contributed by atoms with Gasteiger partial charge in [0.25, 0.3) is 0 Å². The highest BCUT2D eigenvalue weighted by Gasteiger charge is 1.95. The van der Waals surface area contributed by atoms with E-state index in [9.17, 15) is 9.59 Å². The third kappa shape index (κ3) is 5.30. The van der Waals surface area contributed by atoms with Crippen molar-refractivity contribution in [3.05, 3.63) is 0 Å². The SMILES string of the molecule is COC(=O)CC#CCC(=O)OC. The Balaban J connectivity index is 3.61. The van der Waals surface area contributed by atoms with Crippen LogP contribution >= 0.6 is 0 Å². The van der Waals surface area contributed by atoms with Crippen LogP contribution in [0.5, 0.6) is 0 Å². The molecule has 0 amide bonds. The van der Waals surface area contributed by atoms with Gasteiger partial charge in [-0.3, -0.25) is 9.59 Å². The van der Waals surface area contributed by atoms with Crippen LogP contribution in [0.4, 0.5) is 0 Å². The molecule has 0 radical (unpaired) electrons. The number of methoxy groups -OCH3 is 2. The van der Waals surface area contributed by atoms with Crippen molar-refractivity contribution >= 4 is 11.9 Å². The normalized spacial score (nSPS) is 7.83. The van der Waals surface area contributed by atoms with E-state index in [0.29, 0.717) is 0 Å². The molecule has 0 spiro atoms. The molecule has 0 aromatic heterocycles. The summed E-state index contributed by atoms with van der Waals surface area (Å²) in [6.45, 7) is 0. The van der Waals surface area contributed by atoms with Gasteiger partial charge in [0.1, 0.15) is 12.8 Å². The van der Waals surface area contributed by atoms with E-state index >= 15 is 0 Å². The molecule has 0 saturated heterocycles. The highest BCUT2D eigenvalue weighted by atomic mass is 16.5. The molecule has 0 unspecified atom stereocenters. The summed E-state index contributed by atoms with van der Waals surface area (Å²) in [7, 11) is 2.56. The third-order valence-electron chi connectivity index (χ3n) is 1.05. The van der Waals surface area contributed by atoms with Gasteiger partial charge < -0.3 is 9.47 Å². The van der Waals surface area contributed by atoms with Gasteiger partial charge in [0.05, 0.1) is 14.2 Å². The summed E-state index contributed by atoms with van der Waals surface area (Å²) in [5.41, 5.74) is 0. The summed E-state index contributed by atoms with van der Waals surface area (Å²) in [5.74, 6) is 4.13. The van der Waals surface area contributed by atoms with Gasteiger partial charge in [-0.25, -0.2) is 0 Å². The molecule has 0 saturated carbocycles. The Labute approximate surface area is 70.8 Å². The molecular formula is C8H10O4. The summed E-state index contributed by atoms with van der Waals surface area (Å²) in [6, 6.07) is 0. The highest BCUT2D eigenvalue weighted by Crippen LogP contribution is 1.83. The average Bonchev–Trinajstić information content (AvgIpc) is 2.11. The monoisotopic (exact) mass is 170 g/mol. The van der Waals surface area contributed by atoms with Crippen LogP contribution in [-0.4, -0.2) is 26.2 Å². The van der Waals surface area contributed by atoms with E-state index in [2.05, 4.69) is 21.3 Å². The zero-order valence-corrected chi connectivity index (χ0v) is 7.05. The summed E-state index contributed by atoms with van der Waals surface area (Å²) >= 11 is 0. The number of ether oxygens (including phenoxy) is 2. The molecule has 0 rings (SSSR count). The minimum absolute atomic E-state index is 0.00743. The van der Waals surface area contributed by atoms with Crippen molar-refractivity contribution in [2.45, 2.75) is 12.8 Å². The molecule has 0 heterocycles. The van der Waals surface area contributed by atoms with E-state index in [4.69, 9.17) is 0 Å². The first-order valence-electron chi connectivity index (χ1n) is 3.30. The predicted molar refractivity (Wildman–Crippen MR) is 41.0 cm³/mol. The lowest BCUT2D eigenvalue weighted by Crippen LogP contribution is -1.99. The Hall–Kier alpha value is -1.50. The number of hydrogen-bond acceptors (Lipinski definition) is 4. The number of esters is 2. The smallest absolute Gasteiger partial charge is 0.317 e. The van der Waals surface area contributed by atoms with Gasteiger partial charge in [-0.2, -0.15) is 0 Å². The van der Waals surface area contributed by atoms with Crippen molar-refractivity contribution in [2.75, 3.05) is 14.2 Å². The molecule has 0 aliphatic heterocycles. The molecule has 0 N–H and O–H groups in total. The van der Waals surface area contributed by atoms with Crippen molar-refractivity contribution in [1.82, 2.24) is 0 Å². The maximum absolute atomic E-state index is 10.5. The van der Waals surface area contributed by atoms with E-state index in [0.717, 1.165) is 0 Å². The third-order valence-corrected chi connectivity index (χ3v) is 1.05. The van der Waals surface area contributed by atoms with Crippen molar-refractivity contribution in [3.8, 4) is 11.8 Å². The second kappa shape index (κ2) is 6.23. The van der Waals surface area contributed by atoms with E-state index in [-0.39, 0.29) is 12.8 Å². The van der Waals surface area contributed by atoms with Gasteiger partial charge in [-0.05, 0) is 0 Å². The molecule has 66 valence electrons. The molecule has 0 aliphatic rings. The topological polar surface area (TPSA) is 52.6 Å². The van der Waals surface area contributed by atoms with Crippen molar-refractivity contribution in [2.24, 2.45) is 0 Å². The number of carbonyl (C=O) groups is 2. The van der Waals surface area contributed by atoms with E-state index < -0.39 is 11.9 Å². The van der Waals surface area contributed by atoms with Crippen LogP contribution in [-0.2, 0) is 19.1 Å². The minimum atomic E-state index is -0.410. The fraction of sp³-hybridized carbons (Fsp3) is 0.500. The molecule has 0 aliphatic carbocycles. The first kappa shape index (κ1) is 10.5. The van der Waals surface area contributed by atoms with Crippen molar-refractivity contribution < 1.29 is 19.1 Å². The second-order valence-corrected chi connectivity index (χ2v) is 1.86. The predicted octanol–water partition coefficient (Wildman–Crippen LogP) is 0.116. The summed E-state index contributed by atoms with van der Waals surface area (Å²) in [5, 5.41) is 0. The van der Waals surface area contributed by atoms with Crippen LogP contribution in [0.25, 0.3) is 0 Å². The van der Waals surface area contributed by atoms with Crippen LogP contribution in [0.15, 0.2) is 0 Å². The fourth-order valence-electron chi connectivity index (χ4n) is 0.414. The number of hydrogen-bond donors (Lipinski definition) is 0. The first-order chi connectivity index (χ1) is 5.70. The number of rotatable bonds is 2. The lowest BCUT2D eigenvalue weighted by Gasteiger charge is -1.90. The van der Waals surface area contributed by atoms with Crippen LogP contribution in [0.3, 0.4) is 0 Å². The Bertz CT molecular complexity index is 199. The second-order valence-electron chi connectivity index (χ2n) is 1.86. The van der Waals surface area contributed by atoms with Gasteiger partial charge >= 0.3 is 11.9 Å². The summed E-state index contributed by atoms with van der Waals surface area (Å²) in [6.07, 6.45) is 0.0149. The van der Waals surface area contributed by atoms with Crippen molar-refractivity contribution in [3.63, 3.8) is 0 Å². The van der Waals surface area contributed by atoms with Crippen LogP contribution < -0.4 is 0 Å². The Morgan fingerprint density at radius 1 is 1.00 bits per heavy atom. The molecular weight excluding hydrogens is 160 g/mol. The Morgan fingerprint density at radius 3 is 1.58 bits per heavy atom. The molecule has 0 aromatic rings. The van der Waals surface area contributed by atoms with E-state index in [1.807, 2.05) is 0 Å². The lowest BCUT2D eigenvalue weighted by atomic mass is 10.4. The van der Waals surface area contributed by atoms with Gasteiger partial charge in [0, 0.05) is 0 Å².